The molecule has 1 aliphatic carbocycles. The Morgan fingerprint density at radius 1 is 1.06 bits per heavy atom. The number of nitrogens with zero attached hydrogens (tertiary/aromatic N) is 3. The first kappa shape index (κ1) is 21.3. The zero-order valence-electron chi connectivity index (χ0n) is 18.3. The quantitative estimate of drug-likeness (QED) is 0.607. The first-order valence-electron chi connectivity index (χ1n) is 10.4. The van der Waals surface area contributed by atoms with Crippen LogP contribution in [0.25, 0.3) is 5.69 Å². The average molecular weight is 438 g/mol. The molecule has 0 spiro atoms. The Kier molecular flexibility index (Phi) is 5.47. The monoisotopic (exact) mass is 437 g/mol. The molecule has 1 aliphatic rings. The zero-order valence-corrected chi connectivity index (χ0v) is 19.1. The predicted molar refractivity (Wildman–Crippen MR) is 120 cm³/mol. The van der Waals surface area contributed by atoms with E-state index in [4.69, 9.17) is 5.10 Å². The SMILES string of the molecule is Cc1ccc(-n2nc(C(=O)N(C)C(C)c3ccc(S(C)(=O)=O)cc3)c3c2CCC3)cc1. The van der Waals surface area contributed by atoms with Gasteiger partial charge in [-0.3, -0.25) is 4.79 Å². The fourth-order valence-electron chi connectivity index (χ4n) is 4.07. The second-order valence-corrected chi connectivity index (χ2v) is 10.3. The highest BCUT2D eigenvalue weighted by Gasteiger charge is 2.30. The first-order chi connectivity index (χ1) is 14.7. The van der Waals surface area contributed by atoms with E-state index in [1.807, 2.05) is 42.8 Å². The summed E-state index contributed by atoms with van der Waals surface area (Å²) < 4.78 is 25.3. The third-order valence-corrected chi connectivity index (χ3v) is 7.23. The molecule has 0 radical (unpaired) electrons. The Bertz CT molecular complexity index is 1230. The Balaban J connectivity index is 1.63. The van der Waals surface area contributed by atoms with Crippen molar-refractivity contribution in [2.24, 2.45) is 0 Å². The van der Waals surface area contributed by atoms with Crippen LogP contribution in [0.5, 0.6) is 0 Å². The molecule has 31 heavy (non-hydrogen) atoms. The molecular weight excluding hydrogens is 410 g/mol. The van der Waals surface area contributed by atoms with Crippen molar-refractivity contribution in [2.45, 2.75) is 44.0 Å². The van der Waals surface area contributed by atoms with Gasteiger partial charge in [-0.15, -0.1) is 0 Å². The Labute approximate surface area is 183 Å². The van der Waals surface area contributed by atoms with E-state index in [0.29, 0.717) is 5.69 Å². The molecule has 0 N–H and O–H groups in total. The lowest BCUT2D eigenvalue weighted by Gasteiger charge is -2.25. The summed E-state index contributed by atoms with van der Waals surface area (Å²) in [5.41, 5.74) is 5.69. The van der Waals surface area contributed by atoms with Gasteiger partial charge in [0.1, 0.15) is 0 Å². The highest BCUT2D eigenvalue weighted by molar-refractivity contribution is 7.90. The number of benzene rings is 2. The highest BCUT2D eigenvalue weighted by atomic mass is 32.2. The lowest BCUT2D eigenvalue weighted by molar-refractivity contribution is 0.0735. The minimum atomic E-state index is -3.25. The van der Waals surface area contributed by atoms with Gasteiger partial charge in [-0.2, -0.15) is 5.10 Å². The number of hydrogen-bond donors (Lipinski definition) is 0. The third kappa shape index (κ3) is 4.02. The lowest BCUT2D eigenvalue weighted by Crippen LogP contribution is -2.30. The van der Waals surface area contributed by atoms with Crippen molar-refractivity contribution in [3.63, 3.8) is 0 Å². The molecule has 1 atom stereocenters. The van der Waals surface area contributed by atoms with Crippen molar-refractivity contribution < 1.29 is 13.2 Å². The molecule has 0 aliphatic heterocycles. The van der Waals surface area contributed by atoms with Crippen LogP contribution in [0.2, 0.25) is 0 Å². The molecule has 0 fully saturated rings. The fourth-order valence-corrected chi connectivity index (χ4v) is 4.70. The van der Waals surface area contributed by atoms with Crippen LogP contribution in [-0.2, 0) is 22.7 Å². The van der Waals surface area contributed by atoms with E-state index < -0.39 is 9.84 Å². The van der Waals surface area contributed by atoms with Gasteiger partial charge in [0.2, 0.25) is 0 Å². The molecule has 1 unspecified atom stereocenters. The number of amides is 1. The summed E-state index contributed by atoms with van der Waals surface area (Å²) in [7, 11) is -1.48. The molecule has 0 saturated heterocycles. The van der Waals surface area contributed by atoms with Crippen LogP contribution in [0, 0.1) is 6.92 Å². The minimum Gasteiger partial charge on any atom is -0.334 e. The maximum Gasteiger partial charge on any atom is 0.274 e. The van der Waals surface area contributed by atoms with Gasteiger partial charge in [0.25, 0.3) is 5.91 Å². The second-order valence-electron chi connectivity index (χ2n) is 8.31. The highest BCUT2D eigenvalue weighted by Crippen LogP contribution is 2.30. The van der Waals surface area contributed by atoms with Crippen molar-refractivity contribution in [3.05, 3.63) is 76.6 Å². The van der Waals surface area contributed by atoms with E-state index in [9.17, 15) is 13.2 Å². The van der Waals surface area contributed by atoms with Crippen molar-refractivity contribution in [1.29, 1.82) is 0 Å². The Morgan fingerprint density at radius 3 is 2.32 bits per heavy atom. The summed E-state index contributed by atoms with van der Waals surface area (Å²) in [4.78, 5) is 15.3. The summed E-state index contributed by atoms with van der Waals surface area (Å²) in [6.45, 7) is 3.98. The van der Waals surface area contributed by atoms with Crippen molar-refractivity contribution >= 4 is 15.7 Å². The van der Waals surface area contributed by atoms with Crippen LogP contribution in [0.4, 0.5) is 0 Å². The second kappa shape index (κ2) is 7.96. The van der Waals surface area contributed by atoms with Gasteiger partial charge in [-0.25, -0.2) is 13.1 Å². The summed E-state index contributed by atoms with van der Waals surface area (Å²) in [6.07, 6.45) is 3.97. The van der Waals surface area contributed by atoms with Gasteiger partial charge in [0.15, 0.2) is 15.5 Å². The smallest absolute Gasteiger partial charge is 0.274 e. The van der Waals surface area contributed by atoms with Gasteiger partial charge in [-0.05, 0) is 62.9 Å². The normalized spacial score (nSPS) is 14.3. The van der Waals surface area contributed by atoms with E-state index in [1.165, 1.54) is 11.8 Å². The number of rotatable bonds is 5. The molecule has 0 saturated carbocycles. The topological polar surface area (TPSA) is 72.3 Å². The molecule has 7 heteroatoms. The van der Waals surface area contributed by atoms with Gasteiger partial charge in [0.05, 0.1) is 16.6 Å². The van der Waals surface area contributed by atoms with Crippen LogP contribution >= 0.6 is 0 Å². The lowest BCUT2D eigenvalue weighted by atomic mass is 10.1. The van der Waals surface area contributed by atoms with Gasteiger partial charge in [0, 0.05) is 24.6 Å². The number of carbonyl (C=O) groups is 1. The van der Waals surface area contributed by atoms with Crippen LogP contribution in [0.15, 0.2) is 53.4 Å². The maximum absolute atomic E-state index is 13.4. The van der Waals surface area contributed by atoms with Crippen molar-refractivity contribution in [3.8, 4) is 5.69 Å². The molecule has 0 bridgehead atoms. The predicted octanol–water partition coefficient (Wildman–Crippen LogP) is 3.91. The summed E-state index contributed by atoms with van der Waals surface area (Å²) in [5, 5.41) is 4.72. The van der Waals surface area contributed by atoms with Gasteiger partial charge in [-0.1, -0.05) is 29.8 Å². The first-order valence-corrected chi connectivity index (χ1v) is 12.3. The number of hydrogen-bond acceptors (Lipinski definition) is 4. The van der Waals surface area contributed by atoms with Crippen LogP contribution in [-0.4, -0.2) is 42.3 Å². The number of carbonyl (C=O) groups excluding carboxylic acids is 1. The summed E-state index contributed by atoms with van der Waals surface area (Å²) in [6, 6.07) is 14.6. The molecule has 1 amide bonds. The van der Waals surface area contributed by atoms with Crippen LogP contribution < -0.4 is 0 Å². The van der Waals surface area contributed by atoms with Crippen molar-refractivity contribution in [1.82, 2.24) is 14.7 Å². The molecule has 1 aromatic heterocycles. The summed E-state index contributed by atoms with van der Waals surface area (Å²) in [5.74, 6) is -0.122. The van der Waals surface area contributed by atoms with E-state index >= 15 is 0 Å². The standard InChI is InChI=1S/C24H27N3O3S/c1-16-8-12-19(13-9-16)27-22-7-5-6-21(22)23(25-27)24(28)26(3)17(2)18-10-14-20(15-11-18)31(4,29)30/h8-15,17H,5-7H2,1-4H3. The number of aromatic nitrogens is 2. The maximum atomic E-state index is 13.4. The van der Waals surface area contributed by atoms with E-state index in [-0.39, 0.29) is 16.8 Å². The molecule has 3 aromatic rings. The third-order valence-electron chi connectivity index (χ3n) is 6.10. The molecule has 6 nitrogen and oxygen atoms in total. The van der Waals surface area contributed by atoms with Gasteiger partial charge >= 0.3 is 0 Å². The molecule has 4 rings (SSSR count). The Hall–Kier alpha value is -2.93. The molecule has 162 valence electrons. The van der Waals surface area contributed by atoms with E-state index in [1.54, 1.807) is 36.2 Å². The number of fused-ring (bicyclic) bond motifs is 1. The van der Waals surface area contributed by atoms with Gasteiger partial charge < -0.3 is 4.90 Å². The fraction of sp³-hybridized carbons (Fsp3) is 0.333. The number of sulfone groups is 1. The molecule has 2 aromatic carbocycles. The molecular formula is C24H27N3O3S. The zero-order chi connectivity index (χ0) is 22.3. The number of aryl methyl sites for hydroxylation is 1. The van der Waals surface area contributed by atoms with Crippen LogP contribution in [0.3, 0.4) is 0 Å². The average Bonchev–Trinajstić information content (AvgIpc) is 3.35. The van der Waals surface area contributed by atoms with E-state index in [2.05, 4.69) is 0 Å². The van der Waals surface area contributed by atoms with E-state index in [0.717, 1.165) is 41.8 Å². The largest absolute Gasteiger partial charge is 0.334 e. The van der Waals surface area contributed by atoms with Crippen LogP contribution in [0.1, 0.15) is 52.3 Å². The van der Waals surface area contributed by atoms with Crippen molar-refractivity contribution in [2.75, 3.05) is 13.3 Å². The molecule has 1 heterocycles. The summed E-state index contributed by atoms with van der Waals surface area (Å²) >= 11 is 0. The Morgan fingerprint density at radius 2 is 1.71 bits per heavy atom. The minimum absolute atomic E-state index is 0.122.